The molecule has 0 aliphatic carbocycles. The monoisotopic (exact) mass is 409 g/mol. The van der Waals surface area contributed by atoms with Crippen molar-refractivity contribution < 1.29 is 13.2 Å². The van der Waals surface area contributed by atoms with E-state index >= 15 is 0 Å². The van der Waals surface area contributed by atoms with E-state index in [1.807, 2.05) is 43.3 Å². The molecule has 0 aliphatic heterocycles. The summed E-state index contributed by atoms with van der Waals surface area (Å²) in [5.41, 5.74) is 1.38. The first-order valence-corrected chi connectivity index (χ1v) is 9.42. The van der Waals surface area contributed by atoms with Crippen LogP contribution in [0.4, 0.5) is 18.9 Å². The number of alkyl halides is 3. The lowest BCUT2D eigenvalue weighted by atomic mass is 10.0. The number of anilines is 1. The lowest BCUT2D eigenvalue weighted by Gasteiger charge is -2.13. The molecule has 1 N–H and O–H groups in total. The molecule has 0 radical (unpaired) electrons. The van der Waals surface area contributed by atoms with Crippen LogP contribution in [0.1, 0.15) is 12.5 Å². The Morgan fingerprint density at radius 3 is 2.30 bits per heavy atom. The third-order valence-electron chi connectivity index (χ3n) is 4.76. The molecule has 30 heavy (non-hydrogen) atoms. The molecule has 0 aliphatic rings. The molecule has 0 amide bonds. The second-order valence-corrected chi connectivity index (χ2v) is 6.77. The van der Waals surface area contributed by atoms with Crippen LogP contribution in [0, 0.1) is 0 Å². The van der Waals surface area contributed by atoms with E-state index in [-0.39, 0.29) is 5.69 Å². The van der Waals surface area contributed by atoms with Crippen molar-refractivity contribution in [2.45, 2.75) is 13.1 Å². The molecule has 1 aromatic heterocycles. The minimum atomic E-state index is -4.45. The zero-order chi connectivity index (χ0) is 21.3. The second-order valence-electron chi connectivity index (χ2n) is 6.77. The Morgan fingerprint density at radius 2 is 1.63 bits per heavy atom. The number of hydrogen-bond donors (Lipinski definition) is 1. The number of rotatable bonds is 4. The number of benzene rings is 3. The van der Waals surface area contributed by atoms with Crippen molar-refractivity contribution in [2.75, 3.05) is 11.9 Å². The van der Waals surface area contributed by atoms with Gasteiger partial charge in [0.15, 0.2) is 0 Å². The predicted molar refractivity (Wildman–Crippen MR) is 112 cm³/mol. The molecule has 0 atom stereocenters. The van der Waals surface area contributed by atoms with Gasteiger partial charge in [-0.2, -0.15) is 23.0 Å². The molecule has 4 nitrogen and oxygen atoms in total. The highest BCUT2D eigenvalue weighted by Gasteiger charge is 2.30. The molecule has 4 rings (SSSR count). The van der Waals surface area contributed by atoms with Gasteiger partial charge in [0.25, 0.3) is 5.56 Å². The van der Waals surface area contributed by atoms with Crippen LogP contribution in [-0.2, 0) is 6.18 Å². The summed E-state index contributed by atoms with van der Waals surface area (Å²) >= 11 is 0. The van der Waals surface area contributed by atoms with E-state index in [9.17, 15) is 18.0 Å². The number of aromatic nitrogens is 2. The van der Waals surface area contributed by atoms with Gasteiger partial charge in [-0.25, -0.2) is 0 Å². The van der Waals surface area contributed by atoms with Crippen molar-refractivity contribution in [3.8, 4) is 16.9 Å². The molecule has 3 aromatic carbocycles. The Labute approximate surface area is 170 Å². The maximum Gasteiger partial charge on any atom is 0.416 e. The predicted octanol–water partition coefficient (Wildman–Crippen LogP) is 5.50. The van der Waals surface area contributed by atoms with Gasteiger partial charge in [0.1, 0.15) is 0 Å². The summed E-state index contributed by atoms with van der Waals surface area (Å²) in [5.74, 6) is 0. The van der Waals surface area contributed by atoms with Crippen LogP contribution in [0.2, 0.25) is 0 Å². The van der Waals surface area contributed by atoms with Crippen LogP contribution >= 0.6 is 0 Å². The Bertz CT molecular complexity index is 1260. The van der Waals surface area contributed by atoms with Gasteiger partial charge in [0.05, 0.1) is 22.3 Å². The minimum Gasteiger partial charge on any atom is -0.385 e. The first-order valence-electron chi connectivity index (χ1n) is 9.42. The van der Waals surface area contributed by atoms with Crippen molar-refractivity contribution in [1.29, 1.82) is 0 Å². The lowest BCUT2D eigenvalue weighted by molar-refractivity contribution is -0.137. The maximum atomic E-state index is 13.0. The van der Waals surface area contributed by atoms with Crippen molar-refractivity contribution >= 4 is 16.5 Å². The zero-order valence-corrected chi connectivity index (χ0v) is 16.1. The summed E-state index contributed by atoms with van der Waals surface area (Å²) in [6, 6.07) is 19.1. The standard InChI is InChI=1S/C23H18F3N3O/c1-2-27-17-7-5-6-15(14-17)21-19-8-3-4-9-20(19)22(30)29(28-21)18-12-10-16(11-13-18)23(24,25)26/h3-14,27H,2H2,1H3. The smallest absolute Gasteiger partial charge is 0.385 e. The Balaban J connectivity index is 1.93. The van der Waals surface area contributed by atoms with Gasteiger partial charge in [-0.05, 0) is 49.4 Å². The quantitative estimate of drug-likeness (QED) is 0.484. The van der Waals surface area contributed by atoms with Gasteiger partial charge in [0, 0.05) is 23.2 Å². The van der Waals surface area contributed by atoms with Gasteiger partial charge in [-0.15, -0.1) is 0 Å². The molecule has 0 saturated heterocycles. The van der Waals surface area contributed by atoms with E-state index < -0.39 is 17.3 Å². The van der Waals surface area contributed by atoms with E-state index in [0.717, 1.165) is 34.6 Å². The molecule has 0 fully saturated rings. The minimum absolute atomic E-state index is 0.267. The van der Waals surface area contributed by atoms with Gasteiger partial charge < -0.3 is 5.32 Å². The number of nitrogens with one attached hydrogen (secondary N) is 1. The Hall–Kier alpha value is -3.61. The fourth-order valence-electron chi connectivity index (χ4n) is 3.35. The first-order chi connectivity index (χ1) is 14.4. The van der Waals surface area contributed by atoms with E-state index in [1.54, 1.807) is 12.1 Å². The van der Waals surface area contributed by atoms with E-state index in [4.69, 9.17) is 0 Å². The molecular weight excluding hydrogens is 391 g/mol. The van der Waals surface area contributed by atoms with Crippen LogP contribution in [0.5, 0.6) is 0 Å². The van der Waals surface area contributed by atoms with Crippen molar-refractivity contribution in [2.24, 2.45) is 0 Å². The molecule has 0 unspecified atom stereocenters. The number of nitrogens with zero attached hydrogens (tertiary/aromatic N) is 2. The zero-order valence-electron chi connectivity index (χ0n) is 16.1. The fourth-order valence-corrected chi connectivity index (χ4v) is 3.35. The lowest BCUT2D eigenvalue weighted by Crippen LogP contribution is -2.22. The van der Waals surface area contributed by atoms with Gasteiger partial charge in [-0.3, -0.25) is 4.79 Å². The highest BCUT2D eigenvalue weighted by molar-refractivity contribution is 5.94. The number of fused-ring (bicyclic) bond motifs is 1. The van der Waals surface area contributed by atoms with E-state index in [1.165, 1.54) is 12.1 Å². The fraction of sp³-hybridized carbons (Fsp3) is 0.130. The van der Waals surface area contributed by atoms with Gasteiger partial charge >= 0.3 is 6.18 Å². The molecule has 0 saturated carbocycles. The molecule has 0 spiro atoms. The highest BCUT2D eigenvalue weighted by Crippen LogP contribution is 2.30. The maximum absolute atomic E-state index is 13.0. The SMILES string of the molecule is CCNc1cccc(-c2nn(-c3ccc(C(F)(F)F)cc3)c(=O)c3ccccc23)c1. The van der Waals surface area contributed by atoms with E-state index in [2.05, 4.69) is 10.4 Å². The summed E-state index contributed by atoms with van der Waals surface area (Å²) in [6.07, 6.45) is -4.45. The highest BCUT2D eigenvalue weighted by atomic mass is 19.4. The van der Waals surface area contributed by atoms with Crippen LogP contribution in [0.15, 0.2) is 77.6 Å². The van der Waals surface area contributed by atoms with Crippen molar-refractivity contribution in [1.82, 2.24) is 9.78 Å². The van der Waals surface area contributed by atoms with Crippen LogP contribution in [-0.4, -0.2) is 16.3 Å². The van der Waals surface area contributed by atoms with E-state index in [0.29, 0.717) is 16.5 Å². The van der Waals surface area contributed by atoms with Crippen molar-refractivity contribution in [3.05, 3.63) is 88.7 Å². The topological polar surface area (TPSA) is 46.9 Å². The number of halogens is 3. The molecule has 7 heteroatoms. The molecular formula is C23H18F3N3O. The van der Waals surface area contributed by atoms with Crippen LogP contribution in [0.25, 0.3) is 27.7 Å². The average molecular weight is 409 g/mol. The van der Waals surface area contributed by atoms with Gasteiger partial charge in [0.2, 0.25) is 0 Å². The summed E-state index contributed by atoms with van der Waals surface area (Å²) in [7, 11) is 0. The summed E-state index contributed by atoms with van der Waals surface area (Å²) in [6.45, 7) is 2.74. The van der Waals surface area contributed by atoms with Crippen LogP contribution in [0.3, 0.4) is 0 Å². The summed E-state index contributed by atoms with van der Waals surface area (Å²) in [5, 5.41) is 8.89. The first kappa shape index (κ1) is 19.7. The largest absolute Gasteiger partial charge is 0.416 e. The second kappa shape index (κ2) is 7.67. The third kappa shape index (κ3) is 3.66. The molecule has 1 heterocycles. The normalized spacial score (nSPS) is 11.6. The van der Waals surface area contributed by atoms with Crippen molar-refractivity contribution in [3.63, 3.8) is 0 Å². The Kier molecular flexibility index (Phi) is 5.03. The Morgan fingerprint density at radius 1 is 0.933 bits per heavy atom. The third-order valence-corrected chi connectivity index (χ3v) is 4.76. The summed E-state index contributed by atoms with van der Waals surface area (Å²) < 4.78 is 39.9. The molecule has 4 aromatic rings. The molecule has 152 valence electrons. The summed E-state index contributed by atoms with van der Waals surface area (Å²) in [4.78, 5) is 13.0. The van der Waals surface area contributed by atoms with Gasteiger partial charge in [-0.1, -0.05) is 30.3 Å². The average Bonchev–Trinajstić information content (AvgIpc) is 2.74. The van der Waals surface area contributed by atoms with Crippen LogP contribution < -0.4 is 10.9 Å². The molecule has 0 bridgehead atoms. The number of hydrogen-bond acceptors (Lipinski definition) is 3.